The second-order valence-electron chi connectivity index (χ2n) is 6.46. The van der Waals surface area contributed by atoms with Crippen LogP contribution in [0.15, 0.2) is 24.3 Å². The monoisotopic (exact) mass is 289 g/mol. The molecule has 0 saturated heterocycles. The number of nitrogens with one attached hydrogen (secondary N) is 1. The molecule has 21 heavy (non-hydrogen) atoms. The van der Waals surface area contributed by atoms with Crippen LogP contribution in [0, 0.1) is 18.8 Å². The number of aryl methyl sites for hydroxylation is 1. The summed E-state index contributed by atoms with van der Waals surface area (Å²) >= 11 is 0. The van der Waals surface area contributed by atoms with Gasteiger partial charge in [-0.3, -0.25) is 4.79 Å². The Kier molecular flexibility index (Phi) is 5.27. The van der Waals surface area contributed by atoms with Gasteiger partial charge in [-0.2, -0.15) is 0 Å². The van der Waals surface area contributed by atoms with Gasteiger partial charge in [0.25, 0.3) is 5.91 Å². The van der Waals surface area contributed by atoms with E-state index in [2.05, 4.69) is 19.2 Å². The van der Waals surface area contributed by atoms with Crippen molar-refractivity contribution in [3.05, 3.63) is 29.8 Å². The smallest absolute Gasteiger partial charge is 0.261 e. The highest BCUT2D eigenvalue weighted by atomic mass is 16.5. The van der Waals surface area contributed by atoms with Gasteiger partial charge in [0.1, 0.15) is 5.75 Å². The summed E-state index contributed by atoms with van der Waals surface area (Å²) in [6.07, 6.45) is 3.08. The van der Waals surface area contributed by atoms with Crippen molar-refractivity contribution in [1.82, 2.24) is 5.32 Å². The van der Waals surface area contributed by atoms with E-state index in [0.29, 0.717) is 11.8 Å². The van der Waals surface area contributed by atoms with Crippen molar-refractivity contribution in [3.8, 4) is 5.75 Å². The maximum atomic E-state index is 12.3. The molecule has 0 radical (unpaired) electrons. The Morgan fingerprint density at radius 2 is 1.90 bits per heavy atom. The number of carbonyl (C=O) groups excluding carboxylic acids is 1. The van der Waals surface area contributed by atoms with Gasteiger partial charge < -0.3 is 10.1 Å². The van der Waals surface area contributed by atoms with E-state index in [9.17, 15) is 4.79 Å². The predicted molar refractivity (Wildman–Crippen MR) is 85.4 cm³/mol. The third kappa shape index (κ3) is 4.23. The van der Waals surface area contributed by atoms with Crippen LogP contribution in [-0.4, -0.2) is 18.1 Å². The first-order valence-electron chi connectivity index (χ1n) is 8.01. The molecule has 0 bridgehead atoms. The Balaban J connectivity index is 1.88. The normalized spacial score (nSPS) is 27.0. The Bertz CT molecular complexity index is 469. The van der Waals surface area contributed by atoms with Gasteiger partial charge in [0, 0.05) is 6.04 Å². The van der Waals surface area contributed by atoms with Gasteiger partial charge in [0.05, 0.1) is 0 Å². The molecule has 3 heteroatoms. The number of benzene rings is 1. The lowest BCUT2D eigenvalue weighted by Crippen LogP contribution is -2.48. The van der Waals surface area contributed by atoms with Crippen LogP contribution in [-0.2, 0) is 4.79 Å². The van der Waals surface area contributed by atoms with E-state index in [1.54, 1.807) is 0 Å². The molecule has 1 aliphatic carbocycles. The molecule has 0 aliphatic heterocycles. The standard InChI is InChI=1S/C18H27NO2/c1-12-8-10-16(11-9-12)21-15(4)18(20)19-17-7-5-6-13(2)14(17)3/h8-11,13-15,17H,5-7H2,1-4H3,(H,19,20). The van der Waals surface area contributed by atoms with Crippen LogP contribution < -0.4 is 10.1 Å². The first kappa shape index (κ1) is 15.9. The number of ether oxygens (including phenoxy) is 1. The van der Waals surface area contributed by atoms with Crippen LogP contribution in [0.2, 0.25) is 0 Å². The average molecular weight is 289 g/mol. The minimum atomic E-state index is -0.461. The molecule has 1 N–H and O–H groups in total. The first-order valence-corrected chi connectivity index (χ1v) is 8.01. The molecular formula is C18H27NO2. The Labute approximate surface area is 128 Å². The third-order valence-corrected chi connectivity index (χ3v) is 4.74. The largest absolute Gasteiger partial charge is 0.481 e. The van der Waals surface area contributed by atoms with Gasteiger partial charge in [-0.05, 0) is 44.2 Å². The number of rotatable bonds is 4. The number of amides is 1. The van der Waals surface area contributed by atoms with E-state index >= 15 is 0 Å². The van der Waals surface area contributed by atoms with E-state index < -0.39 is 6.10 Å². The molecule has 0 heterocycles. The lowest BCUT2D eigenvalue weighted by atomic mass is 9.78. The molecule has 1 saturated carbocycles. The molecule has 1 amide bonds. The predicted octanol–water partition coefficient (Wildman–Crippen LogP) is 3.70. The molecule has 1 aromatic carbocycles. The number of hydrogen-bond acceptors (Lipinski definition) is 2. The van der Waals surface area contributed by atoms with Crippen LogP contribution in [0.4, 0.5) is 0 Å². The first-order chi connectivity index (χ1) is 9.97. The summed E-state index contributed by atoms with van der Waals surface area (Å²) in [4.78, 5) is 12.3. The average Bonchev–Trinajstić information content (AvgIpc) is 2.46. The third-order valence-electron chi connectivity index (χ3n) is 4.74. The molecule has 3 nitrogen and oxygen atoms in total. The summed E-state index contributed by atoms with van der Waals surface area (Å²) in [5.74, 6) is 1.95. The lowest BCUT2D eigenvalue weighted by Gasteiger charge is -2.35. The summed E-state index contributed by atoms with van der Waals surface area (Å²) in [5.41, 5.74) is 1.18. The summed E-state index contributed by atoms with van der Waals surface area (Å²) in [7, 11) is 0. The van der Waals surface area contributed by atoms with Gasteiger partial charge in [-0.1, -0.05) is 44.4 Å². The van der Waals surface area contributed by atoms with Crippen LogP contribution in [0.25, 0.3) is 0 Å². The highest BCUT2D eigenvalue weighted by Crippen LogP contribution is 2.29. The number of hydrogen-bond donors (Lipinski definition) is 1. The highest BCUT2D eigenvalue weighted by molar-refractivity contribution is 5.81. The van der Waals surface area contributed by atoms with E-state index in [0.717, 1.165) is 12.2 Å². The van der Waals surface area contributed by atoms with Gasteiger partial charge in [-0.25, -0.2) is 0 Å². The molecule has 1 aliphatic rings. The zero-order valence-electron chi connectivity index (χ0n) is 13.6. The summed E-state index contributed by atoms with van der Waals surface area (Å²) in [5, 5.41) is 3.17. The molecule has 1 fully saturated rings. The van der Waals surface area contributed by atoms with E-state index in [1.165, 1.54) is 18.4 Å². The topological polar surface area (TPSA) is 38.3 Å². The molecule has 116 valence electrons. The number of carbonyl (C=O) groups is 1. The lowest BCUT2D eigenvalue weighted by molar-refractivity contribution is -0.128. The van der Waals surface area contributed by atoms with Crippen molar-refractivity contribution in [1.29, 1.82) is 0 Å². The van der Waals surface area contributed by atoms with E-state index in [4.69, 9.17) is 4.74 Å². The van der Waals surface area contributed by atoms with Crippen molar-refractivity contribution >= 4 is 5.91 Å². The maximum absolute atomic E-state index is 12.3. The Hall–Kier alpha value is -1.51. The highest BCUT2D eigenvalue weighted by Gasteiger charge is 2.29. The van der Waals surface area contributed by atoms with Crippen molar-refractivity contribution < 1.29 is 9.53 Å². The fourth-order valence-corrected chi connectivity index (χ4v) is 2.96. The van der Waals surface area contributed by atoms with Crippen molar-refractivity contribution in [3.63, 3.8) is 0 Å². The molecule has 0 aromatic heterocycles. The van der Waals surface area contributed by atoms with E-state index in [1.807, 2.05) is 38.1 Å². The molecule has 1 aromatic rings. The molecule has 2 rings (SSSR count). The van der Waals surface area contributed by atoms with E-state index in [-0.39, 0.29) is 11.9 Å². The van der Waals surface area contributed by atoms with Gasteiger partial charge in [0.2, 0.25) is 0 Å². The second kappa shape index (κ2) is 6.97. The zero-order valence-corrected chi connectivity index (χ0v) is 13.6. The molecule has 4 atom stereocenters. The zero-order chi connectivity index (χ0) is 15.4. The van der Waals surface area contributed by atoms with Gasteiger partial charge in [0.15, 0.2) is 6.10 Å². The van der Waals surface area contributed by atoms with Crippen molar-refractivity contribution in [2.75, 3.05) is 0 Å². The maximum Gasteiger partial charge on any atom is 0.261 e. The minimum Gasteiger partial charge on any atom is -0.481 e. The second-order valence-corrected chi connectivity index (χ2v) is 6.46. The summed E-state index contributed by atoms with van der Waals surface area (Å²) < 4.78 is 5.72. The summed E-state index contributed by atoms with van der Waals surface area (Å²) in [6.45, 7) is 8.35. The molecular weight excluding hydrogens is 262 g/mol. The fourth-order valence-electron chi connectivity index (χ4n) is 2.96. The SMILES string of the molecule is Cc1ccc(OC(C)C(=O)NC2CCCC(C)C2C)cc1. The minimum absolute atomic E-state index is 0.0125. The Morgan fingerprint density at radius 3 is 2.57 bits per heavy atom. The molecule has 0 spiro atoms. The summed E-state index contributed by atoms with van der Waals surface area (Å²) in [6, 6.07) is 8.08. The van der Waals surface area contributed by atoms with Crippen molar-refractivity contribution in [2.24, 2.45) is 11.8 Å². The van der Waals surface area contributed by atoms with Crippen molar-refractivity contribution in [2.45, 2.75) is 59.1 Å². The quantitative estimate of drug-likeness (QED) is 0.917. The van der Waals surface area contributed by atoms with Gasteiger partial charge >= 0.3 is 0 Å². The van der Waals surface area contributed by atoms with Crippen LogP contribution >= 0.6 is 0 Å². The van der Waals surface area contributed by atoms with Gasteiger partial charge in [-0.15, -0.1) is 0 Å². The van der Waals surface area contributed by atoms with Crippen LogP contribution in [0.3, 0.4) is 0 Å². The Morgan fingerprint density at radius 1 is 1.24 bits per heavy atom. The van der Waals surface area contributed by atoms with Crippen LogP contribution in [0.1, 0.15) is 45.6 Å². The van der Waals surface area contributed by atoms with Crippen LogP contribution in [0.5, 0.6) is 5.75 Å². The fraction of sp³-hybridized carbons (Fsp3) is 0.611. The molecule has 4 unspecified atom stereocenters.